The van der Waals surface area contributed by atoms with Gasteiger partial charge in [-0.2, -0.15) is 0 Å². The summed E-state index contributed by atoms with van der Waals surface area (Å²) in [6.07, 6.45) is 0.836. The van der Waals surface area contributed by atoms with E-state index in [1.165, 1.54) is 0 Å². The number of halogens is 1. The van der Waals surface area contributed by atoms with Crippen molar-refractivity contribution < 1.29 is 19.4 Å². The molecule has 1 saturated heterocycles. The van der Waals surface area contributed by atoms with Gasteiger partial charge in [0.05, 0.1) is 19.3 Å². The largest absolute Gasteiger partial charge is 0.497 e. The third-order valence-corrected chi connectivity index (χ3v) is 4.05. The van der Waals surface area contributed by atoms with E-state index in [-0.39, 0.29) is 30.8 Å². The fraction of sp³-hybridized carbons (Fsp3) is 0.562. The van der Waals surface area contributed by atoms with Gasteiger partial charge >= 0.3 is 0 Å². The van der Waals surface area contributed by atoms with Gasteiger partial charge in [-0.15, -0.1) is 12.4 Å². The summed E-state index contributed by atoms with van der Waals surface area (Å²) in [4.78, 5) is 12.1. The minimum Gasteiger partial charge on any atom is -0.497 e. The molecule has 1 aromatic rings. The average Bonchev–Trinajstić information content (AvgIpc) is 2.59. The van der Waals surface area contributed by atoms with Gasteiger partial charge in [0.2, 0.25) is 5.91 Å². The number of aliphatic hydroxyl groups excluding tert-OH is 1. The van der Waals surface area contributed by atoms with Gasteiger partial charge in [0.1, 0.15) is 5.75 Å². The minimum absolute atomic E-state index is 0. The van der Waals surface area contributed by atoms with Crippen molar-refractivity contribution in [1.29, 1.82) is 0 Å². The molecule has 1 amide bonds. The van der Waals surface area contributed by atoms with E-state index >= 15 is 0 Å². The van der Waals surface area contributed by atoms with Crippen molar-refractivity contribution in [3.05, 3.63) is 29.8 Å². The molecule has 0 aromatic heterocycles. The molecule has 0 saturated carbocycles. The molecule has 7 heteroatoms. The molecule has 23 heavy (non-hydrogen) atoms. The lowest BCUT2D eigenvalue weighted by Crippen LogP contribution is -2.47. The van der Waals surface area contributed by atoms with Gasteiger partial charge in [0, 0.05) is 19.8 Å². The first-order valence-electron chi connectivity index (χ1n) is 7.55. The molecule has 1 fully saturated rings. The lowest BCUT2D eigenvalue weighted by Gasteiger charge is -2.27. The summed E-state index contributed by atoms with van der Waals surface area (Å²) in [5.41, 5.74) is 6.71. The number of rotatable bonds is 6. The Kier molecular flexibility index (Phi) is 8.33. The molecule has 0 spiro atoms. The van der Waals surface area contributed by atoms with Crippen LogP contribution in [0.5, 0.6) is 5.75 Å². The first kappa shape index (κ1) is 19.7. The zero-order chi connectivity index (χ0) is 15.9. The molecule has 2 atom stereocenters. The van der Waals surface area contributed by atoms with Crippen molar-refractivity contribution in [2.75, 3.05) is 26.9 Å². The summed E-state index contributed by atoms with van der Waals surface area (Å²) in [5.74, 6) is 0.646. The number of amides is 1. The summed E-state index contributed by atoms with van der Waals surface area (Å²) in [6, 6.07) is 6.54. The summed E-state index contributed by atoms with van der Waals surface area (Å²) in [7, 11) is 1.59. The average molecular weight is 345 g/mol. The number of hydrogen-bond donors (Lipinski definition) is 3. The van der Waals surface area contributed by atoms with E-state index in [0.717, 1.165) is 24.2 Å². The van der Waals surface area contributed by atoms with Crippen LogP contribution in [0.1, 0.15) is 24.5 Å². The van der Waals surface area contributed by atoms with Crippen molar-refractivity contribution in [2.45, 2.75) is 25.0 Å². The summed E-state index contributed by atoms with van der Waals surface area (Å²) < 4.78 is 10.3. The molecular weight excluding hydrogens is 320 g/mol. The Morgan fingerprint density at radius 3 is 2.57 bits per heavy atom. The number of benzene rings is 1. The van der Waals surface area contributed by atoms with Crippen LogP contribution in [0.3, 0.4) is 0 Å². The number of nitrogens with two attached hydrogens (primary N) is 1. The molecule has 130 valence electrons. The van der Waals surface area contributed by atoms with E-state index in [9.17, 15) is 9.90 Å². The topological polar surface area (TPSA) is 93.8 Å². The summed E-state index contributed by atoms with van der Waals surface area (Å²) in [5, 5.41) is 12.8. The van der Waals surface area contributed by atoms with E-state index in [0.29, 0.717) is 13.2 Å². The van der Waals surface area contributed by atoms with Crippen LogP contribution in [0.25, 0.3) is 0 Å². The predicted molar refractivity (Wildman–Crippen MR) is 89.7 cm³/mol. The number of hydrogen-bond acceptors (Lipinski definition) is 5. The van der Waals surface area contributed by atoms with Gasteiger partial charge in [-0.3, -0.25) is 4.79 Å². The Morgan fingerprint density at radius 2 is 2.00 bits per heavy atom. The molecule has 1 heterocycles. The van der Waals surface area contributed by atoms with Gasteiger partial charge in [0.25, 0.3) is 0 Å². The van der Waals surface area contributed by atoms with E-state index in [2.05, 4.69) is 5.32 Å². The second kappa shape index (κ2) is 9.72. The van der Waals surface area contributed by atoms with Crippen LogP contribution in [-0.2, 0) is 9.53 Å². The van der Waals surface area contributed by atoms with Gasteiger partial charge in [0.15, 0.2) is 0 Å². The Hall–Kier alpha value is -1.34. The third kappa shape index (κ3) is 5.66. The standard InChI is InChI=1S/C16H24N2O4.ClH/c1-21-13-4-2-11(3-5-13)14(19)10-18-16(20)15(17)12-6-8-22-9-7-12;/h2-5,12,14-15,19H,6-10,17H2,1H3,(H,18,20);1H. The number of carbonyl (C=O) groups is 1. The molecular formula is C16H25ClN2O4. The number of nitrogens with one attached hydrogen (secondary N) is 1. The highest BCUT2D eigenvalue weighted by molar-refractivity contribution is 5.85. The van der Waals surface area contributed by atoms with Gasteiger partial charge < -0.3 is 25.6 Å². The van der Waals surface area contributed by atoms with E-state index in [4.69, 9.17) is 15.2 Å². The Labute approximate surface area is 142 Å². The highest BCUT2D eigenvalue weighted by Crippen LogP contribution is 2.19. The fourth-order valence-electron chi connectivity index (χ4n) is 2.55. The molecule has 1 aromatic carbocycles. The summed E-state index contributed by atoms with van der Waals surface area (Å²) in [6.45, 7) is 1.45. The lowest BCUT2D eigenvalue weighted by molar-refractivity contribution is -0.124. The van der Waals surface area contributed by atoms with Crippen LogP contribution >= 0.6 is 12.4 Å². The highest BCUT2D eigenvalue weighted by atomic mass is 35.5. The van der Waals surface area contributed by atoms with Crippen LogP contribution in [0.2, 0.25) is 0 Å². The number of ether oxygens (including phenoxy) is 2. The molecule has 6 nitrogen and oxygen atoms in total. The van der Waals surface area contributed by atoms with Gasteiger partial charge in [-0.1, -0.05) is 12.1 Å². The maximum atomic E-state index is 12.1. The van der Waals surface area contributed by atoms with Crippen LogP contribution in [0, 0.1) is 5.92 Å². The third-order valence-electron chi connectivity index (χ3n) is 4.05. The molecule has 2 rings (SSSR count). The van der Waals surface area contributed by atoms with Crippen molar-refractivity contribution in [2.24, 2.45) is 11.7 Å². The van der Waals surface area contributed by atoms with Gasteiger partial charge in [-0.25, -0.2) is 0 Å². The number of methoxy groups -OCH3 is 1. The Balaban J connectivity index is 0.00000264. The van der Waals surface area contributed by atoms with E-state index in [1.54, 1.807) is 31.4 Å². The monoisotopic (exact) mass is 344 g/mol. The predicted octanol–water partition coefficient (Wildman–Crippen LogP) is 1.02. The Bertz CT molecular complexity index is 477. The SMILES string of the molecule is COc1ccc(C(O)CNC(=O)C(N)C2CCOCC2)cc1.Cl. The quantitative estimate of drug-likeness (QED) is 0.716. The van der Waals surface area contributed by atoms with Crippen LogP contribution in [-0.4, -0.2) is 43.9 Å². The fourth-order valence-corrected chi connectivity index (χ4v) is 2.55. The molecule has 0 aliphatic carbocycles. The number of carbonyl (C=O) groups excluding carboxylic acids is 1. The molecule has 0 bridgehead atoms. The van der Waals surface area contributed by atoms with Crippen LogP contribution < -0.4 is 15.8 Å². The molecule has 0 radical (unpaired) electrons. The van der Waals surface area contributed by atoms with Crippen LogP contribution in [0.4, 0.5) is 0 Å². The van der Waals surface area contributed by atoms with E-state index < -0.39 is 12.1 Å². The lowest BCUT2D eigenvalue weighted by atomic mass is 9.92. The molecule has 1 aliphatic rings. The summed E-state index contributed by atoms with van der Waals surface area (Å²) >= 11 is 0. The van der Waals surface area contributed by atoms with Crippen molar-refractivity contribution in [3.8, 4) is 5.75 Å². The molecule has 4 N–H and O–H groups in total. The highest BCUT2D eigenvalue weighted by Gasteiger charge is 2.26. The second-order valence-electron chi connectivity index (χ2n) is 5.51. The zero-order valence-corrected chi connectivity index (χ0v) is 14.1. The number of aliphatic hydroxyl groups is 1. The normalized spacial score (nSPS) is 17.7. The van der Waals surface area contributed by atoms with Crippen molar-refractivity contribution in [3.63, 3.8) is 0 Å². The minimum atomic E-state index is -0.767. The first-order chi connectivity index (χ1) is 10.6. The van der Waals surface area contributed by atoms with E-state index in [1.807, 2.05) is 0 Å². The smallest absolute Gasteiger partial charge is 0.237 e. The van der Waals surface area contributed by atoms with Crippen molar-refractivity contribution in [1.82, 2.24) is 5.32 Å². The maximum Gasteiger partial charge on any atom is 0.237 e. The second-order valence-corrected chi connectivity index (χ2v) is 5.51. The first-order valence-corrected chi connectivity index (χ1v) is 7.55. The zero-order valence-electron chi connectivity index (χ0n) is 13.2. The van der Waals surface area contributed by atoms with Crippen LogP contribution in [0.15, 0.2) is 24.3 Å². The maximum absolute atomic E-state index is 12.1. The molecule has 1 aliphatic heterocycles. The van der Waals surface area contributed by atoms with Crippen molar-refractivity contribution >= 4 is 18.3 Å². The van der Waals surface area contributed by atoms with Gasteiger partial charge in [-0.05, 0) is 36.5 Å². The Morgan fingerprint density at radius 1 is 1.39 bits per heavy atom. The molecule has 2 unspecified atom stereocenters.